The Balaban J connectivity index is 2.32. The van der Waals surface area contributed by atoms with E-state index in [1.54, 1.807) is 0 Å². The van der Waals surface area contributed by atoms with Crippen molar-refractivity contribution in [3.8, 4) is 5.75 Å². The second kappa shape index (κ2) is 18.8. The van der Waals surface area contributed by atoms with Crippen LogP contribution >= 0.6 is 7.82 Å². The SMILES string of the molecule is CC(=O)N[C@@H](Cc1ccc(OP(=O)(O)O)cc1)C(=O)N[C@@H](CC(C)C)C(=O)N1CCC[C@@]1(C)C(=O)N[C@@H](CCC(N)=O)C(=O)N[C@H](C(N)=O)[C@@H](C)O. The number of aliphatic hydroxyl groups is 1. The average molecular weight is 756 g/mol. The third kappa shape index (κ3) is 13.2. The first kappa shape index (κ1) is 43.6. The number of amides is 7. The number of hydrogen-bond donors (Lipinski definition) is 9. The van der Waals surface area contributed by atoms with Crippen LogP contribution in [0.4, 0.5) is 0 Å². The van der Waals surface area contributed by atoms with Gasteiger partial charge in [-0.05, 0) is 63.1 Å². The maximum atomic E-state index is 14.2. The highest BCUT2D eigenvalue weighted by Gasteiger charge is 2.48. The van der Waals surface area contributed by atoms with Gasteiger partial charge in [0, 0.05) is 26.3 Å². The minimum atomic E-state index is -4.80. The van der Waals surface area contributed by atoms with Crippen molar-refractivity contribution in [2.75, 3.05) is 6.54 Å². The number of carbonyl (C=O) groups is 7. The van der Waals surface area contributed by atoms with Gasteiger partial charge in [-0.3, -0.25) is 43.3 Å². The van der Waals surface area contributed by atoms with E-state index in [2.05, 4.69) is 25.8 Å². The second-order valence-electron chi connectivity index (χ2n) is 13.4. The van der Waals surface area contributed by atoms with Gasteiger partial charge in [-0.25, -0.2) is 4.57 Å². The van der Waals surface area contributed by atoms with Crippen LogP contribution in [-0.2, 0) is 44.5 Å². The van der Waals surface area contributed by atoms with Gasteiger partial charge in [-0.1, -0.05) is 26.0 Å². The second-order valence-corrected chi connectivity index (χ2v) is 14.6. The number of phosphoric ester groups is 1. The molecule has 1 fully saturated rings. The summed E-state index contributed by atoms with van der Waals surface area (Å²) in [6.45, 7) is 7.69. The Morgan fingerprint density at radius 1 is 0.923 bits per heavy atom. The molecule has 0 aliphatic carbocycles. The van der Waals surface area contributed by atoms with Crippen LogP contribution in [0.3, 0.4) is 0 Å². The molecule has 0 aromatic heterocycles. The summed E-state index contributed by atoms with van der Waals surface area (Å²) in [5.41, 5.74) is 9.52. The highest BCUT2D eigenvalue weighted by Crippen LogP contribution is 2.37. The van der Waals surface area contributed by atoms with Gasteiger partial charge >= 0.3 is 7.82 Å². The molecule has 1 saturated heterocycles. The minimum Gasteiger partial charge on any atom is -0.404 e. The standard InChI is InChI=1S/C32H50N7O12P/c1-17(2)15-24(36-29(45)23(35-19(4)41)16-20-7-9-21(10-8-20)51-52(48,49)50)30(46)39-14-6-13-32(39,5)31(47)37-22(11-12-25(33)42)28(44)38-26(18(3)40)27(34)43/h7-10,17-18,22-24,26,40H,6,11-16H2,1-5H3,(H2,33,42)(H2,34,43)(H,35,41)(H,36,45)(H,37,47)(H,38,44)(H2,48,49,50)/t18-,22+,23+,24+,26+,32+/m1/s1. The Morgan fingerprint density at radius 2 is 1.52 bits per heavy atom. The topological polar surface area (TPSA) is 310 Å². The van der Waals surface area contributed by atoms with E-state index in [4.69, 9.17) is 21.3 Å². The van der Waals surface area contributed by atoms with E-state index in [0.29, 0.717) is 12.0 Å². The molecule has 2 rings (SSSR count). The molecule has 52 heavy (non-hydrogen) atoms. The summed E-state index contributed by atoms with van der Waals surface area (Å²) in [5, 5.41) is 20.0. The van der Waals surface area contributed by atoms with Crippen LogP contribution in [0.1, 0.15) is 72.3 Å². The van der Waals surface area contributed by atoms with E-state index in [1.165, 1.54) is 49.9 Å². The molecule has 1 aromatic carbocycles. The number of benzene rings is 1. The van der Waals surface area contributed by atoms with E-state index in [-0.39, 0.29) is 50.3 Å². The van der Waals surface area contributed by atoms with Crippen LogP contribution in [0, 0.1) is 5.92 Å². The fraction of sp³-hybridized carbons (Fsp3) is 0.594. The summed E-state index contributed by atoms with van der Waals surface area (Å²) in [6.07, 6.45) is -1.31. The molecule has 11 N–H and O–H groups in total. The van der Waals surface area contributed by atoms with Crippen LogP contribution < -0.4 is 37.3 Å². The van der Waals surface area contributed by atoms with Gasteiger partial charge in [0.05, 0.1) is 6.10 Å². The van der Waals surface area contributed by atoms with Crippen molar-refractivity contribution >= 4 is 49.2 Å². The van der Waals surface area contributed by atoms with E-state index in [9.17, 15) is 43.2 Å². The van der Waals surface area contributed by atoms with Gasteiger partial charge in [0.2, 0.25) is 41.4 Å². The molecule has 0 saturated carbocycles. The predicted molar refractivity (Wildman–Crippen MR) is 184 cm³/mol. The number of rotatable bonds is 19. The molecule has 19 nitrogen and oxygen atoms in total. The molecular weight excluding hydrogens is 705 g/mol. The Bertz CT molecular complexity index is 1530. The van der Waals surface area contributed by atoms with Crippen LogP contribution in [0.5, 0.6) is 5.75 Å². The van der Waals surface area contributed by atoms with Gasteiger partial charge in [0.15, 0.2) is 0 Å². The Labute approximate surface area is 301 Å². The van der Waals surface area contributed by atoms with Crippen molar-refractivity contribution in [2.45, 2.75) is 109 Å². The zero-order valence-electron chi connectivity index (χ0n) is 29.8. The Morgan fingerprint density at radius 3 is 2.02 bits per heavy atom. The molecule has 0 radical (unpaired) electrons. The summed E-state index contributed by atoms with van der Waals surface area (Å²) < 4.78 is 15.7. The summed E-state index contributed by atoms with van der Waals surface area (Å²) in [7, 11) is -4.80. The lowest BCUT2D eigenvalue weighted by molar-refractivity contribution is -0.148. The maximum absolute atomic E-state index is 14.2. The van der Waals surface area contributed by atoms with Gasteiger partial charge < -0.3 is 47.3 Å². The largest absolute Gasteiger partial charge is 0.524 e. The molecule has 1 aliphatic rings. The fourth-order valence-corrected chi connectivity index (χ4v) is 6.17. The number of aliphatic hydroxyl groups excluding tert-OH is 1. The van der Waals surface area contributed by atoms with Crippen LogP contribution in [0.2, 0.25) is 0 Å². The molecule has 1 aliphatic heterocycles. The molecule has 290 valence electrons. The van der Waals surface area contributed by atoms with Crippen molar-refractivity contribution in [2.24, 2.45) is 17.4 Å². The van der Waals surface area contributed by atoms with Gasteiger partial charge in [-0.2, -0.15) is 0 Å². The molecule has 7 amide bonds. The number of primary amides is 2. The van der Waals surface area contributed by atoms with E-state index in [1.807, 2.05) is 13.8 Å². The third-order valence-corrected chi connectivity index (χ3v) is 8.84. The number of carbonyl (C=O) groups excluding carboxylic acids is 7. The highest BCUT2D eigenvalue weighted by molar-refractivity contribution is 7.46. The van der Waals surface area contributed by atoms with Crippen LogP contribution in [0.15, 0.2) is 24.3 Å². The summed E-state index contributed by atoms with van der Waals surface area (Å²) in [5.74, 6) is -5.56. The zero-order valence-corrected chi connectivity index (χ0v) is 30.7. The molecule has 6 atom stereocenters. The molecule has 0 unspecified atom stereocenters. The molecule has 0 spiro atoms. The highest BCUT2D eigenvalue weighted by atomic mass is 31.2. The lowest BCUT2D eigenvalue weighted by Gasteiger charge is -2.38. The first-order valence-corrected chi connectivity index (χ1v) is 18.2. The monoisotopic (exact) mass is 755 g/mol. The van der Waals surface area contributed by atoms with Crippen LogP contribution in [-0.4, -0.2) is 103 Å². The predicted octanol–water partition coefficient (Wildman–Crippen LogP) is -1.78. The lowest BCUT2D eigenvalue weighted by Crippen LogP contribution is -2.63. The number of hydrogen-bond acceptors (Lipinski definition) is 10. The Hall–Kier alpha value is -4.58. The van der Waals surface area contributed by atoms with Crippen molar-refractivity contribution < 1.29 is 57.5 Å². The number of nitrogens with two attached hydrogens (primary N) is 2. The quantitative estimate of drug-likeness (QED) is 0.0708. The molecule has 20 heteroatoms. The molecule has 1 heterocycles. The number of nitrogens with one attached hydrogen (secondary N) is 4. The molecule has 0 bridgehead atoms. The maximum Gasteiger partial charge on any atom is 0.524 e. The smallest absolute Gasteiger partial charge is 0.404 e. The van der Waals surface area contributed by atoms with Gasteiger partial charge in [0.25, 0.3) is 0 Å². The first-order chi connectivity index (χ1) is 24.0. The van der Waals surface area contributed by atoms with Crippen molar-refractivity contribution in [1.82, 2.24) is 26.2 Å². The molecular formula is C32H50N7O12P. The number of nitrogens with zero attached hydrogens (tertiary/aromatic N) is 1. The van der Waals surface area contributed by atoms with Crippen molar-refractivity contribution in [1.29, 1.82) is 0 Å². The normalized spacial score (nSPS) is 18.7. The van der Waals surface area contributed by atoms with Crippen LogP contribution in [0.25, 0.3) is 0 Å². The fourth-order valence-electron chi connectivity index (χ4n) is 5.77. The lowest BCUT2D eigenvalue weighted by atomic mass is 9.94. The van der Waals surface area contributed by atoms with Crippen molar-refractivity contribution in [3.63, 3.8) is 0 Å². The van der Waals surface area contributed by atoms with E-state index in [0.717, 1.165) is 0 Å². The van der Waals surface area contributed by atoms with E-state index >= 15 is 0 Å². The summed E-state index contributed by atoms with van der Waals surface area (Å²) in [6, 6.07) is 0.253. The summed E-state index contributed by atoms with van der Waals surface area (Å²) >= 11 is 0. The van der Waals surface area contributed by atoms with E-state index < -0.39 is 85.0 Å². The van der Waals surface area contributed by atoms with Crippen molar-refractivity contribution in [3.05, 3.63) is 29.8 Å². The van der Waals surface area contributed by atoms with Gasteiger partial charge in [-0.15, -0.1) is 0 Å². The minimum absolute atomic E-state index is 0.0611. The number of phosphoric acid groups is 1. The molecule has 1 aromatic rings. The van der Waals surface area contributed by atoms with Gasteiger partial charge in [0.1, 0.15) is 35.5 Å². The Kier molecular flexibility index (Phi) is 15.7. The summed E-state index contributed by atoms with van der Waals surface area (Å²) in [4.78, 5) is 110. The first-order valence-electron chi connectivity index (χ1n) is 16.6. The third-order valence-electron chi connectivity index (χ3n) is 8.39. The zero-order chi connectivity index (χ0) is 39.6. The average Bonchev–Trinajstić information content (AvgIpc) is 3.42. The number of likely N-dealkylation sites (tertiary alicyclic amines) is 1.